The molecule has 1 aliphatic rings. The predicted molar refractivity (Wildman–Crippen MR) is 126 cm³/mol. The second-order valence-electron chi connectivity index (χ2n) is 8.06. The van der Waals surface area contributed by atoms with E-state index >= 15 is 0 Å². The Morgan fingerprint density at radius 2 is 1.91 bits per heavy atom. The van der Waals surface area contributed by atoms with Crippen LogP contribution in [0.1, 0.15) is 28.8 Å². The summed E-state index contributed by atoms with van der Waals surface area (Å²) >= 11 is 0. The van der Waals surface area contributed by atoms with Gasteiger partial charge in [0.15, 0.2) is 22.9 Å². The van der Waals surface area contributed by atoms with Gasteiger partial charge in [0.1, 0.15) is 0 Å². The minimum Gasteiger partial charge on any atom is -0.378 e. The molecule has 0 unspecified atom stereocenters. The van der Waals surface area contributed by atoms with Gasteiger partial charge in [-0.05, 0) is 31.2 Å². The summed E-state index contributed by atoms with van der Waals surface area (Å²) in [5, 5.41) is 16.0. The number of morpholine rings is 1. The number of anilines is 1. The Bertz CT molecular complexity index is 1450. The molecular formula is C24H22N8O3. The van der Waals surface area contributed by atoms with Crippen LogP contribution in [0.4, 0.5) is 5.95 Å². The summed E-state index contributed by atoms with van der Waals surface area (Å²) in [6.45, 7) is 3.48. The highest BCUT2D eigenvalue weighted by molar-refractivity contribution is 6.05. The van der Waals surface area contributed by atoms with Gasteiger partial charge >= 0.3 is 0 Å². The van der Waals surface area contributed by atoms with Crippen LogP contribution in [0.3, 0.4) is 0 Å². The van der Waals surface area contributed by atoms with Crippen LogP contribution >= 0.6 is 0 Å². The number of fused-ring (bicyclic) bond motifs is 1. The lowest BCUT2D eigenvalue weighted by Crippen LogP contribution is -2.41. The quantitative estimate of drug-likeness (QED) is 0.417. The van der Waals surface area contributed by atoms with Crippen LogP contribution in [0.5, 0.6) is 0 Å². The Labute approximate surface area is 200 Å². The van der Waals surface area contributed by atoms with Crippen LogP contribution in [0.2, 0.25) is 0 Å². The van der Waals surface area contributed by atoms with Crippen molar-refractivity contribution in [2.24, 2.45) is 0 Å². The van der Waals surface area contributed by atoms with Gasteiger partial charge < -0.3 is 20.5 Å². The lowest BCUT2D eigenvalue weighted by atomic mass is 10.1. The minimum absolute atomic E-state index is 0.0852. The average molecular weight is 470 g/mol. The Morgan fingerprint density at radius 1 is 1.14 bits per heavy atom. The molecule has 3 aromatic heterocycles. The molecule has 0 spiro atoms. The molecule has 1 aliphatic heterocycles. The third-order valence-electron chi connectivity index (χ3n) is 5.51. The lowest BCUT2D eigenvalue weighted by Gasteiger charge is -2.26. The molecule has 176 valence electrons. The number of aromatic nitrogens is 6. The first-order valence-corrected chi connectivity index (χ1v) is 10.9. The SMILES string of the molecule is C[C@](O)(C#Cc1ccc2c(C(=O)N3CCOCC3)nn(-c3ccnc(N)n3)c2c1)c1ncccn1. The first-order chi connectivity index (χ1) is 16.9. The molecule has 1 atom stereocenters. The van der Waals surface area contributed by atoms with Gasteiger partial charge in [0.25, 0.3) is 5.91 Å². The van der Waals surface area contributed by atoms with E-state index in [4.69, 9.17) is 10.5 Å². The molecule has 4 heterocycles. The van der Waals surface area contributed by atoms with E-state index in [1.165, 1.54) is 13.1 Å². The normalized spacial score (nSPS) is 15.3. The molecule has 0 bridgehead atoms. The molecule has 5 rings (SSSR count). The Morgan fingerprint density at radius 3 is 2.66 bits per heavy atom. The highest BCUT2D eigenvalue weighted by Gasteiger charge is 2.26. The molecule has 1 amide bonds. The molecule has 0 aliphatic carbocycles. The standard InChI is InChI=1S/C24H22N8O3/c1-24(34,22-26-8-2-9-27-22)7-5-16-3-4-17-18(15-16)32(19-6-10-28-23(25)29-19)30-20(17)21(33)31-11-13-35-14-12-31/h2-4,6,8-10,15,34H,11-14H2,1H3,(H2,25,28,29)/t24-/m0/s1. The largest absolute Gasteiger partial charge is 0.378 e. The van der Waals surface area contributed by atoms with Crippen LogP contribution in [0.25, 0.3) is 16.7 Å². The summed E-state index contributed by atoms with van der Waals surface area (Å²) in [5.74, 6) is 6.31. The van der Waals surface area contributed by atoms with Crippen molar-refractivity contribution in [1.29, 1.82) is 0 Å². The lowest BCUT2D eigenvalue weighted by molar-refractivity contribution is 0.0300. The zero-order valence-electron chi connectivity index (χ0n) is 18.9. The van der Waals surface area contributed by atoms with Crippen molar-refractivity contribution in [3.8, 4) is 17.7 Å². The molecule has 0 saturated carbocycles. The molecule has 35 heavy (non-hydrogen) atoms. The number of hydrogen-bond acceptors (Lipinski definition) is 9. The monoisotopic (exact) mass is 470 g/mol. The maximum absolute atomic E-state index is 13.3. The van der Waals surface area contributed by atoms with E-state index < -0.39 is 5.60 Å². The van der Waals surface area contributed by atoms with Crippen molar-refractivity contribution < 1.29 is 14.6 Å². The van der Waals surface area contributed by atoms with Crippen LogP contribution in [0.15, 0.2) is 48.9 Å². The second-order valence-corrected chi connectivity index (χ2v) is 8.06. The van der Waals surface area contributed by atoms with Crippen LogP contribution in [0, 0.1) is 11.8 Å². The Balaban J connectivity index is 1.60. The molecule has 11 nitrogen and oxygen atoms in total. The fraction of sp³-hybridized carbons (Fsp3) is 0.250. The third-order valence-corrected chi connectivity index (χ3v) is 5.51. The Hall–Kier alpha value is -4.40. The fourth-order valence-corrected chi connectivity index (χ4v) is 3.72. The van der Waals surface area contributed by atoms with E-state index in [9.17, 15) is 9.90 Å². The van der Waals surface area contributed by atoms with Gasteiger partial charge in [-0.2, -0.15) is 10.1 Å². The molecule has 4 aromatic rings. The topological polar surface area (TPSA) is 145 Å². The van der Waals surface area contributed by atoms with E-state index in [2.05, 4.69) is 36.9 Å². The van der Waals surface area contributed by atoms with Gasteiger partial charge in [0, 0.05) is 48.7 Å². The summed E-state index contributed by atoms with van der Waals surface area (Å²) < 4.78 is 6.91. The maximum atomic E-state index is 13.3. The van der Waals surface area contributed by atoms with E-state index in [1.54, 1.807) is 52.3 Å². The van der Waals surface area contributed by atoms with Crippen molar-refractivity contribution in [3.63, 3.8) is 0 Å². The summed E-state index contributed by atoms with van der Waals surface area (Å²) in [5.41, 5.74) is 5.75. The average Bonchev–Trinajstić information content (AvgIpc) is 3.27. The van der Waals surface area contributed by atoms with Crippen LogP contribution in [-0.4, -0.2) is 71.9 Å². The van der Waals surface area contributed by atoms with Crippen LogP contribution < -0.4 is 5.73 Å². The summed E-state index contributed by atoms with van der Waals surface area (Å²) in [6.07, 6.45) is 4.61. The van der Waals surface area contributed by atoms with Crippen molar-refractivity contribution in [2.75, 3.05) is 32.0 Å². The number of aliphatic hydroxyl groups is 1. The van der Waals surface area contributed by atoms with Gasteiger partial charge in [-0.3, -0.25) is 4.79 Å². The number of carbonyl (C=O) groups is 1. The number of nitrogen functional groups attached to an aromatic ring is 1. The number of carbonyl (C=O) groups excluding carboxylic acids is 1. The molecule has 11 heteroatoms. The highest BCUT2D eigenvalue weighted by atomic mass is 16.5. The van der Waals surface area contributed by atoms with E-state index in [0.29, 0.717) is 54.3 Å². The number of nitrogens with two attached hydrogens (primary N) is 1. The zero-order valence-corrected chi connectivity index (χ0v) is 18.9. The molecular weight excluding hydrogens is 448 g/mol. The van der Waals surface area contributed by atoms with Gasteiger partial charge in [-0.1, -0.05) is 11.8 Å². The fourth-order valence-electron chi connectivity index (χ4n) is 3.72. The van der Waals surface area contributed by atoms with Crippen molar-refractivity contribution in [3.05, 3.63) is 66.0 Å². The van der Waals surface area contributed by atoms with Gasteiger partial charge in [-0.15, -0.1) is 0 Å². The predicted octanol–water partition coefficient (Wildman–Crippen LogP) is 0.919. The number of nitrogens with zero attached hydrogens (tertiary/aromatic N) is 7. The van der Waals surface area contributed by atoms with Crippen molar-refractivity contribution in [1.82, 2.24) is 34.6 Å². The number of hydrogen-bond donors (Lipinski definition) is 2. The van der Waals surface area contributed by atoms with Crippen LogP contribution in [-0.2, 0) is 10.3 Å². The number of ether oxygens (including phenoxy) is 1. The molecule has 3 N–H and O–H groups in total. The van der Waals surface area contributed by atoms with E-state index in [1.807, 2.05) is 0 Å². The molecule has 1 aromatic carbocycles. The smallest absolute Gasteiger partial charge is 0.275 e. The van der Waals surface area contributed by atoms with Gasteiger partial charge in [-0.25, -0.2) is 19.6 Å². The molecule has 1 fully saturated rings. The first-order valence-electron chi connectivity index (χ1n) is 10.9. The summed E-state index contributed by atoms with van der Waals surface area (Å²) in [4.78, 5) is 31.4. The molecule has 1 saturated heterocycles. The molecule has 0 radical (unpaired) electrons. The number of amides is 1. The zero-order chi connectivity index (χ0) is 24.4. The van der Waals surface area contributed by atoms with Crippen molar-refractivity contribution >= 4 is 22.8 Å². The van der Waals surface area contributed by atoms with E-state index in [0.717, 1.165) is 0 Å². The Kier molecular flexibility index (Phi) is 5.82. The minimum atomic E-state index is -1.55. The first kappa shape index (κ1) is 22.4. The second kappa shape index (κ2) is 9.09. The van der Waals surface area contributed by atoms with Crippen molar-refractivity contribution in [2.45, 2.75) is 12.5 Å². The third kappa shape index (κ3) is 4.52. The van der Waals surface area contributed by atoms with Gasteiger partial charge in [0.05, 0.1) is 18.7 Å². The summed E-state index contributed by atoms with van der Waals surface area (Å²) in [7, 11) is 0. The maximum Gasteiger partial charge on any atom is 0.275 e. The highest BCUT2D eigenvalue weighted by Crippen LogP contribution is 2.25. The number of rotatable bonds is 3. The number of benzene rings is 1. The van der Waals surface area contributed by atoms with Gasteiger partial charge in [0.2, 0.25) is 5.95 Å². The summed E-state index contributed by atoms with van der Waals surface area (Å²) in [6, 6.07) is 8.66. The van der Waals surface area contributed by atoms with E-state index in [-0.39, 0.29) is 17.7 Å².